The van der Waals surface area contributed by atoms with Gasteiger partial charge in [-0.1, -0.05) is 36.0 Å². The lowest BCUT2D eigenvalue weighted by Gasteiger charge is -2.26. The van der Waals surface area contributed by atoms with Gasteiger partial charge < -0.3 is 15.5 Å². The highest BCUT2D eigenvalue weighted by Crippen LogP contribution is 2.46. The van der Waals surface area contributed by atoms with Crippen LogP contribution < -0.4 is 15.5 Å². The molecule has 0 aliphatic carbocycles. The van der Waals surface area contributed by atoms with Gasteiger partial charge in [0.25, 0.3) is 0 Å². The molecule has 2 N–H and O–H groups in total. The average Bonchev–Trinajstić information content (AvgIpc) is 3.05. The van der Waals surface area contributed by atoms with E-state index in [1.807, 2.05) is 18.2 Å². The highest BCUT2D eigenvalue weighted by atomic mass is 32.2. The van der Waals surface area contributed by atoms with Gasteiger partial charge in [0.1, 0.15) is 5.37 Å². The SMILES string of the molecule is CN(C)c1cccc(N2C=C3SC(c4ccccc4N)N=C3CC2)c1. The molecule has 5 heteroatoms. The highest BCUT2D eigenvalue weighted by Gasteiger charge is 2.29. The molecule has 2 heterocycles. The molecule has 0 fully saturated rings. The molecule has 128 valence electrons. The summed E-state index contributed by atoms with van der Waals surface area (Å²) < 4.78 is 0. The van der Waals surface area contributed by atoms with Crippen LogP contribution in [0.1, 0.15) is 17.4 Å². The zero-order valence-corrected chi connectivity index (χ0v) is 15.3. The molecule has 2 aromatic rings. The maximum absolute atomic E-state index is 6.14. The number of nitrogens with zero attached hydrogens (tertiary/aromatic N) is 3. The fraction of sp³-hybridized carbons (Fsp3) is 0.250. The van der Waals surface area contributed by atoms with Crippen molar-refractivity contribution in [3.8, 4) is 0 Å². The third-order valence-electron chi connectivity index (χ3n) is 4.60. The number of anilines is 3. The normalized spacial score (nSPS) is 19.3. The second kappa shape index (κ2) is 6.48. The van der Waals surface area contributed by atoms with Gasteiger partial charge in [0, 0.05) is 60.8 Å². The molecule has 0 saturated carbocycles. The van der Waals surface area contributed by atoms with Crippen LogP contribution in [0.3, 0.4) is 0 Å². The number of benzene rings is 2. The predicted octanol–water partition coefficient (Wildman–Crippen LogP) is 4.27. The lowest BCUT2D eigenvalue weighted by molar-refractivity contribution is 0.930. The van der Waals surface area contributed by atoms with Crippen LogP contribution in [0.5, 0.6) is 0 Å². The molecule has 2 aliphatic rings. The maximum atomic E-state index is 6.14. The van der Waals surface area contributed by atoms with E-state index in [1.165, 1.54) is 22.0 Å². The zero-order valence-electron chi connectivity index (χ0n) is 14.5. The van der Waals surface area contributed by atoms with Crippen molar-refractivity contribution in [3.63, 3.8) is 0 Å². The first-order valence-corrected chi connectivity index (χ1v) is 9.34. The average molecular weight is 350 g/mol. The third-order valence-corrected chi connectivity index (χ3v) is 5.78. The van der Waals surface area contributed by atoms with Gasteiger partial charge in [-0.25, -0.2) is 0 Å². The van der Waals surface area contributed by atoms with E-state index in [1.54, 1.807) is 11.8 Å². The molecular formula is C20H22N4S. The van der Waals surface area contributed by atoms with Gasteiger partial charge in [-0.15, -0.1) is 0 Å². The Morgan fingerprint density at radius 2 is 2.00 bits per heavy atom. The van der Waals surface area contributed by atoms with Crippen LogP contribution in [0.15, 0.2) is 64.6 Å². The smallest absolute Gasteiger partial charge is 0.127 e. The van der Waals surface area contributed by atoms with Crippen LogP contribution in [0.4, 0.5) is 17.1 Å². The van der Waals surface area contributed by atoms with E-state index in [0.717, 1.165) is 24.2 Å². The Morgan fingerprint density at radius 3 is 2.80 bits per heavy atom. The summed E-state index contributed by atoms with van der Waals surface area (Å²) >= 11 is 1.80. The minimum atomic E-state index is 0.0792. The summed E-state index contributed by atoms with van der Waals surface area (Å²) in [5, 5.41) is 0.0792. The Morgan fingerprint density at radius 1 is 1.16 bits per heavy atom. The van der Waals surface area contributed by atoms with Gasteiger partial charge in [0.2, 0.25) is 0 Å². The summed E-state index contributed by atoms with van der Waals surface area (Å²) in [4.78, 5) is 10.6. The minimum Gasteiger partial charge on any atom is -0.398 e. The van der Waals surface area contributed by atoms with Gasteiger partial charge in [-0.3, -0.25) is 4.99 Å². The number of allylic oxidation sites excluding steroid dienone is 1. The van der Waals surface area contributed by atoms with Crippen LogP contribution in [0, 0.1) is 0 Å². The van der Waals surface area contributed by atoms with E-state index in [9.17, 15) is 0 Å². The maximum Gasteiger partial charge on any atom is 0.127 e. The molecule has 0 spiro atoms. The van der Waals surface area contributed by atoms with Gasteiger partial charge >= 0.3 is 0 Å². The minimum absolute atomic E-state index is 0.0792. The number of fused-ring (bicyclic) bond motifs is 1. The first-order chi connectivity index (χ1) is 12.1. The summed E-state index contributed by atoms with van der Waals surface area (Å²) in [5.74, 6) is 0. The largest absolute Gasteiger partial charge is 0.398 e. The monoisotopic (exact) mass is 350 g/mol. The van der Waals surface area contributed by atoms with E-state index >= 15 is 0 Å². The first kappa shape index (κ1) is 16.1. The van der Waals surface area contributed by atoms with Crippen LogP contribution in [0.2, 0.25) is 0 Å². The predicted molar refractivity (Wildman–Crippen MR) is 109 cm³/mol. The van der Waals surface area contributed by atoms with Crippen molar-refractivity contribution in [1.82, 2.24) is 0 Å². The number of nitrogens with two attached hydrogens (primary N) is 1. The number of nitrogen functional groups attached to an aromatic ring is 1. The fourth-order valence-corrected chi connectivity index (χ4v) is 4.41. The van der Waals surface area contributed by atoms with Crippen molar-refractivity contribution < 1.29 is 0 Å². The van der Waals surface area contributed by atoms with Crippen LogP contribution >= 0.6 is 11.8 Å². The molecule has 4 nitrogen and oxygen atoms in total. The van der Waals surface area contributed by atoms with E-state index in [2.05, 4.69) is 60.4 Å². The molecular weight excluding hydrogens is 328 g/mol. The zero-order chi connectivity index (χ0) is 17.4. The number of hydrogen-bond acceptors (Lipinski definition) is 5. The van der Waals surface area contributed by atoms with E-state index in [-0.39, 0.29) is 5.37 Å². The van der Waals surface area contributed by atoms with Crippen molar-refractivity contribution in [2.45, 2.75) is 11.8 Å². The molecule has 0 aromatic heterocycles. The highest BCUT2D eigenvalue weighted by molar-refractivity contribution is 8.04. The molecule has 0 saturated heterocycles. The number of para-hydroxylation sites is 1. The molecule has 0 radical (unpaired) electrons. The molecule has 2 aliphatic heterocycles. The number of rotatable bonds is 3. The van der Waals surface area contributed by atoms with Gasteiger partial charge in [0.15, 0.2) is 0 Å². The summed E-state index contributed by atoms with van der Waals surface area (Å²) in [5.41, 5.74) is 11.7. The van der Waals surface area contributed by atoms with Crippen LogP contribution in [-0.2, 0) is 0 Å². The van der Waals surface area contributed by atoms with E-state index in [0.29, 0.717) is 0 Å². The Balaban J connectivity index is 1.59. The Kier molecular flexibility index (Phi) is 4.17. The molecule has 0 bridgehead atoms. The summed E-state index contributed by atoms with van der Waals surface area (Å²) in [7, 11) is 4.14. The second-order valence-corrected chi connectivity index (χ2v) is 7.65. The first-order valence-electron chi connectivity index (χ1n) is 8.46. The summed E-state index contributed by atoms with van der Waals surface area (Å²) in [6.45, 7) is 0.955. The summed E-state index contributed by atoms with van der Waals surface area (Å²) in [6, 6.07) is 16.7. The molecule has 1 atom stereocenters. The van der Waals surface area contributed by atoms with Crippen molar-refractivity contribution in [2.24, 2.45) is 4.99 Å². The number of thioether (sulfide) groups is 1. The number of hydrogen-bond donors (Lipinski definition) is 1. The standard InChI is InChI=1S/C20H22N4S/c1-23(2)14-6-5-7-15(12-14)24-11-10-18-19(13-24)25-20(22-18)16-8-3-4-9-17(16)21/h3-9,12-13,20H,10-11,21H2,1-2H3. The quantitative estimate of drug-likeness (QED) is 0.840. The van der Waals surface area contributed by atoms with Crippen molar-refractivity contribution >= 4 is 34.5 Å². The van der Waals surface area contributed by atoms with Gasteiger partial charge in [-0.2, -0.15) is 0 Å². The van der Waals surface area contributed by atoms with Crippen molar-refractivity contribution in [1.29, 1.82) is 0 Å². The Bertz CT molecular complexity index is 856. The van der Waals surface area contributed by atoms with Gasteiger partial charge in [0.05, 0.1) is 5.71 Å². The van der Waals surface area contributed by atoms with Crippen LogP contribution in [0.25, 0.3) is 0 Å². The van der Waals surface area contributed by atoms with Crippen molar-refractivity contribution in [2.75, 3.05) is 36.2 Å². The third kappa shape index (κ3) is 3.12. The Hall–Kier alpha value is -2.40. The fourth-order valence-electron chi connectivity index (χ4n) is 3.17. The molecule has 2 aromatic carbocycles. The Labute approximate surface area is 153 Å². The lowest BCUT2D eigenvalue weighted by Crippen LogP contribution is -2.25. The van der Waals surface area contributed by atoms with Gasteiger partial charge in [-0.05, 0) is 24.3 Å². The molecule has 25 heavy (non-hydrogen) atoms. The lowest BCUT2D eigenvalue weighted by atomic mass is 10.1. The summed E-state index contributed by atoms with van der Waals surface area (Å²) in [6.07, 6.45) is 3.20. The number of aliphatic imine (C=N–C) groups is 1. The second-order valence-electron chi connectivity index (χ2n) is 6.53. The van der Waals surface area contributed by atoms with E-state index in [4.69, 9.17) is 10.7 Å². The topological polar surface area (TPSA) is 44.9 Å². The van der Waals surface area contributed by atoms with Crippen molar-refractivity contribution in [3.05, 3.63) is 65.2 Å². The molecule has 1 unspecified atom stereocenters. The van der Waals surface area contributed by atoms with E-state index < -0.39 is 0 Å². The molecule has 0 amide bonds. The van der Waals surface area contributed by atoms with Crippen LogP contribution in [-0.4, -0.2) is 26.4 Å². The molecule has 4 rings (SSSR count).